The lowest BCUT2D eigenvalue weighted by atomic mass is 9.91. The zero-order chi connectivity index (χ0) is 14.3. The molecule has 0 aromatic heterocycles. The van der Waals surface area contributed by atoms with Crippen LogP contribution in [-0.4, -0.2) is 18.2 Å². The van der Waals surface area contributed by atoms with Crippen LogP contribution in [0.1, 0.15) is 30.0 Å². The molecule has 102 valence electrons. The minimum atomic E-state index is -0.897. The first-order valence-corrected chi connectivity index (χ1v) is 6.55. The Balaban J connectivity index is 2.07. The molecule has 1 aliphatic heterocycles. The van der Waals surface area contributed by atoms with Gasteiger partial charge in [0.25, 0.3) is 5.91 Å². The number of urea groups is 1. The molecule has 3 rings (SSSR count). The molecule has 0 saturated carbocycles. The van der Waals surface area contributed by atoms with Crippen molar-refractivity contribution in [2.45, 2.75) is 25.3 Å². The molecule has 0 bridgehead atoms. The lowest BCUT2D eigenvalue weighted by Gasteiger charge is -2.21. The summed E-state index contributed by atoms with van der Waals surface area (Å²) in [4.78, 5) is 23.5. The summed E-state index contributed by atoms with van der Waals surface area (Å²) < 4.78 is 0. The van der Waals surface area contributed by atoms with E-state index in [1.165, 1.54) is 6.21 Å². The average Bonchev–Trinajstić information content (AvgIpc) is 2.93. The molecule has 2 aliphatic rings. The summed E-state index contributed by atoms with van der Waals surface area (Å²) in [6, 6.07) is 5.35. The van der Waals surface area contributed by atoms with Crippen molar-refractivity contribution >= 4 is 23.7 Å². The molecule has 0 radical (unpaired) electrons. The van der Waals surface area contributed by atoms with Gasteiger partial charge < -0.3 is 10.7 Å². The molecule has 1 aromatic carbocycles. The first-order chi connectivity index (χ1) is 9.60. The first-order valence-electron chi connectivity index (χ1n) is 6.55. The maximum absolute atomic E-state index is 12.1. The largest absolute Gasteiger partial charge is 0.322 e. The fourth-order valence-electron chi connectivity index (χ4n) is 3.04. The molecule has 1 heterocycles. The maximum Gasteiger partial charge on any atom is 0.322 e. The molecule has 3 N–H and O–H groups in total. The van der Waals surface area contributed by atoms with E-state index in [4.69, 9.17) is 5.41 Å². The van der Waals surface area contributed by atoms with Gasteiger partial charge in [-0.05, 0) is 42.0 Å². The van der Waals surface area contributed by atoms with Gasteiger partial charge in [-0.25, -0.2) is 4.79 Å². The Labute approximate surface area is 116 Å². The van der Waals surface area contributed by atoms with Crippen LogP contribution < -0.4 is 10.6 Å². The van der Waals surface area contributed by atoms with Gasteiger partial charge in [-0.3, -0.25) is 10.1 Å². The summed E-state index contributed by atoms with van der Waals surface area (Å²) in [5.74, 6) is -0.271. The van der Waals surface area contributed by atoms with E-state index in [1.54, 1.807) is 0 Å². The number of carbonyl (C=O) groups excluding carboxylic acids is 2. The molecule has 1 atom stereocenters. The molecule has 5 heteroatoms. The average molecular weight is 269 g/mol. The van der Waals surface area contributed by atoms with Crippen LogP contribution in [0.4, 0.5) is 4.79 Å². The van der Waals surface area contributed by atoms with Gasteiger partial charge in [-0.1, -0.05) is 24.3 Å². The van der Waals surface area contributed by atoms with Crippen LogP contribution in [0.25, 0.3) is 5.57 Å². The minimum absolute atomic E-state index is 0.271. The van der Waals surface area contributed by atoms with Crippen molar-refractivity contribution in [1.82, 2.24) is 10.6 Å². The summed E-state index contributed by atoms with van der Waals surface area (Å²) in [5, 5.41) is 12.5. The minimum Gasteiger partial charge on any atom is -0.319 e. The molecule has 1 aliphatic carbocycles. The van der Waals surface area contributed by atoms with Crippen molar-refractivity contribution in [2.24, 2.45) is 0 Å². The second kappa shape index (κ2) is 4.30. The number of hydrogen-bond donors (Lipinski definition) is 3. The number of imide groups is 1. The molecule has 1 fully saturated rings. The highest BCUT2D eigenvalue weighted by molar-refractivity contribution is 6.09. The molecule has 20 heavy (non-hydrogen) atoms. The SMILES string of the molecule is C/C=C(\C=N)c1ccc2c(c1)CCC21NC(=O)NC1=O. The normalized spacial score (nSPS) is 24.6. The lowest BCUT2D eigenvalue weighted by Crippen LogP contribution is -2.41. The molecule has 1 saturated heterocycles. The van der Waals surface area contributed by atoms with Gasteiger partial charge in [-0.2, -0.15) is 0 Å². The van der Waals surface area contributed by atoms with Crippen molar-refractivity contribution in [2.75, 3.05) is 0 Å². The Bertz CT molecular complexity index is 663. The smallest absolute Gasteiger partial charge is 0.319 e. The number of carbonyl (C=O) groups is 2. The highest BCUT2D eigenvalue weighted by Crippen LogP contribution is 2.39. The molecule has 5 nitrogen and oxygen atoms in total. The third kappa shape index (κ3) is 1.59. The van der Waals surface area contributed by atoms with Crippen LogP contribution in [0.15, 0.2) is 24.3 Å². The van der Waals surface area contributed by atoms with E-state index in [0.29, 0.717) is 6.42 Å². The van der Waals surface area contributed by atoms with E-state index in [1.807, 2.05) is 31.2 Å². The van der Waals surface area contributed by atoms with Gasteiger partial charge in [0.2, 0.25) is 0 Å². The Morgan fingerprint density at radius 1 is 1.40 bits per heavy atom. The van der Waals surface area contributed by atoms with Crippen molar-refractivity contribution < 1.29 is 9.59 Å². The number of amides is 3. The molecule has 1 unspecified atom stereocenters. The zero-order valence-corrected chi connectivity index (χ0v) is 11.1. The van der Waals surface area contributed by atoms with Crippen molar-refractivity contribution in [3.8, 4) is 0 Å². The number of allylic oxidation sites excluding steroid dienone is 2. The number of benzene rings is 1. The van der Waals surface area contributed by atoms with Crippen LogP contribution in [0, 0.1) is 5.41 Å². The van der Waals surface area contributed by atoms with Gasteiger partial charge >= 0.3 is 6.03 Å². The predicted octanol–water partition coefficient (Wildman–Crippen LogP) is 1.72. The first kappa shape index (κ1) is 12.6. The van der Waals surface area contributed by atoms with Crippen LogP contribution in [0.2, 0.25) is 0 Å². The number of hydrogen-bond acceptors (Lipinski definition) is 3. The summed E-state index contributed by atoms with van der Waals surface area (Å²) in [6.45, 7) is 1.89. The van der Waals surface area contributed by atoms with Crippen LogP contribution in [-0.2, 0) is 16.8 Å². The van der Waals surface area contributed by atoms with Crippen molar-refractivity contribution in [3.63, 3.8) is 0 Å². The van der Waals surface area contributed by atoms with Crippen molar-refractivity contribution in [1.29, 1.82) is 5.41 Å². The van der Waals surface area contributed by atoms with E-state index in [0.717, 1.165) is 28.7 Å². The monoisotopic (exact) mass is 269 g/mol. The van der Waals surface area contributed by atoms with Crippen LogP contribution in [0.5, 0.6) is 0 Å². The topological polar surface area (TPSA) is 82.1 Å². The Morgan fingerprint density at radius 3 is 2.80 bits per heavy atom. The number of fused-ring (bicyclic) bond motifs is 2. The fraction of sp³-hybridized carbons (Fsp3) is 0.267. The van der Waals surface area contributed by atoms with Gasteiger partial charge in [0.05, 0.1) is 0 Å². The molecule has 3 amide bonds. The third-order valence-corrected chi connectivity index (χ3v) is 4.08. The highest BCUT2D eigenvalue weighted by atomic mass is 16.2. The van der Waals surface area contributed by atoms with Gasteiger partial charge in [0.15, 0.2) is 0 Å². The predicted molar refractivity (Wildman–Crippen MR) is 75.6 cm³/mol. The van der Waals surface area contributed by atoms with E-state index in [-0.39, 0.29) is 5.91 Å². The molecule has 1 aromatic rings. The fourth-order valence-corrected chi connectivity index (χ4v) is 3.04. The molecular formula is C15H15N3O2. The second-order valence-electron chi connectivity index (χ2n) is 5.07. The van der Waals surface area contributed by atoms with Gasteiger partial charge in [-0.15, -0.1) is 0 Å². The molecular weight excluding hydrogens is 254 g/mol. The quantitative estimate of drug-likeness (QED) is 0.564. The number of rotatable bonds is 2. The lowest BCUT2D eigenvalue weighted by molar-refractivity contribution is -0.124. The number of nitrogens with one attached hydrogen (secondary N) is 3. The summed E-state index contributed by atoms with van der Waals surface area (Å²) in [6.07, 6.45) is 4.52. The Hall–Kier alpha value is -2.43. The Morgan fingerprint density at radius 2 is 2.20 bits per heavy atom. The van der Waals surface area contributed by atoms with Crippen LogP contribution in [0.3, 0.4) is 0 Å². The zero-order valence-electron chi connectivity index (χ0n) is 11.1. The highest BCUT2D eigenvalue weighted by Gasteiger charge is 2.51. The standard InChI is InChI=1S/C15H15N3O2/c1-2-9(8-16)10-3-4-12-11(7-10)5-6-15(12)13(19)17-14(20)18-15/h2-4,7-8,16H,5-6H2,1H3,(H2,17,18,19,20)/b9-2+,16-8?. The summed E-state index contributed by atoms with van der Waals surface area (Å²) in [5.41, 5.74) is 2.83. The summed E-state index contributed by atoms with van der Waals surface area (Å²) >= 11 is 0. The van der Waals surface area contributed by atoms with Crippen molar-refractivity contribution in [3.05, 3.63) is 41.0 Å². The third-order valence-electron chi connectivity index (χ3n) is 4.08. The van der Waals surface area contributed by atoms with Gasteiger partial charge in [0, 0.05) is 6.21 Å². The number of aryl methyl sites for hydroxylation is 1. The van der Waals surface area contributed by atoms with E-state index in [9.17, 15) is 9.59 Å². The summed E-state index contributed by atoms with van der Waals surface area (Å²) in [7, 11) is 0. The van der Waals surface area contributed by atoms with E-state index < -0.39 is 11.6 Å². The van der Waals surface area contributed by atoms with E-state index >= 15 is 0 Å². The Kier molecular flexibility index (Phi) is 2.71. The second-order valence-corrected chi connectivity index (χ2v) is 5.07. The van der Waals surface area contributed by atoms with Gasteiger partial charge in [0.1, 0.15) is 5.54 Å². The molecule has 1 spiro atoms. The van der Waals surface area contributed by atoms with Crippen LogP contribution >= 0.6 is 0 Å². The van der Waals surface area contributed by atoms with E-state index in [2.05, 4.69) is 10.6 Å². The maximum atomic E-state index is 12.1.